The van der Waals surface area contributed by atoms with Crippen molar-refractivity contribution in [2.45, 2.75) is 71.2 Å². The van der Waals surface area contributed by atoms with Gasteiger partial charge in [0.1, 0.15) is 17.0 Å². The summed E-state index contributed by atoms with van der Waals surface area (Å²) in [6.45, 7) is 11.2. The number of ether oxygens (including phenoxy) is 2. The molecule has 1 aromatic carbocycles. The number of β-amino-alcohol motifs (C(OH)–C–C–N with tert-alkyl or cyclic N) is 1. The number of likely N-dealkylation sites (tertiary alicyclic amines) is 1. The van der Waals surface area contributed by atoms with Crippen molar-refractivity contribution in [3.63, 3.8) is 0 Å². The number of halogens is 1. The zero-order valence-electron chi connectivity index (χ0n) is 18.9. The fourth-order valence-corrected chi connectivity index (χ4v) is 3.77. The highest BCUT2D eigenvalue weighted by molar-refractivity contribution is 5.92. The molecule has 0 saturated carbocycles. The summed E-state index contributed by atoms with van der Waals surface area (Å²) in [6.07, 6.45) is 0.141. The van der Waals surface area contributed by atoms with E-state index in [2.05, 4.69) is 0 Å². The van der Waals surface area contributed by atoms with E-state index in [9.17, 15) is 19.1 Å². The average molecular weight is 435 g/mol. The van der Waals surface area contributed by atoms with E-state index in [1.807, 2.05) is 0 Å². The Hall–Kier alpha value is -2.61. The Morgan fingerprint density at radius 1 is 1.06 bits per heavy atom. The molecule has 8 heteroatoms. The maximum absolute atomic E-state index is 13.9. The molecule has 0 aliphatic carbocycles. The van der Waals surface area contributed by atoms with Gasteiger partial charge in [-0.1, -0.05) is 0 Å². The largest absolute Gasteiger partial charge is 0.444 e. The summed E-state index contributed by atoms with van der Waals surface area (Å²) in [6, 6.07) is 4.21. The molecule has 0 unspecified atom stereocenters. The van der Waals surface area contributed by atoms with Gasteiger partial charge in [0.2, 0.25) is 0 Å². The second-order valence-electron chi connectivity index (χ2n) is 9.99. The Bertz CT molecular complexity index is 986. The van der Waals surface area contributed by atoms with E-state index >= 15 is 0 Å². The summed E-state index contributed by atoms with van der Waals surface area (Å²) >= 11 is 0. The minimum atomic E-state index is -0.857. The highest BCUT2D eigenvalue weighted by Gasteiger charge is 2.35. The summed E-state index contributed by atoms with van der Waals surface area (Å²) in [4.78, 5) is 26.6. The molecule has 2 atom stereocenters. The van der Waals surface area contributed by atoms with Crippen LogP contribution in [0.2, 0.25) is 0 Å². The number of hydrogen-bond donors (Lipinski definition) is 1. The van der Waals surface area contributed by atoms with Gasteiger partial charge in [0.05, 0.1) is 18.2 Å². The molecule has 1 N–H and O–H groups in total. The summed E-state index contributed by atoms with van der Waals surface area (Å²) in [5, 5.41) is 11.5. The van der Waals surface area contributed by atoms with E-state index in [-0.39, 0.29) is 12.5 Å². The first-order valence-corrected chi connectivity index (χ1v) is 10.4. The van der Waals surface area contributed by atoms with Gasteiger partial charge in [0.15, 0.2) is 0 Å². The number of fused-ring (bicyclic) bond motifs is 1. The standard InChI is InChI=1S/C23H31FN2O5/c1-22(2,3)30-20(28)25-10-9-16(19(27)13-25)17-12-26(21(29)31-23(4,5)6)18-11-14(24)7-8-15(17)18/h7-8,11-12,16,19,27H,9-10,13H2,1-6H3/t16-,19+/m0/s1. The summed E-state index contributed by atoms with van der Waals surface area (Å²) in [5.74, 6) is -0.794. The highest BCUT2D eigenvalue weighted by Crippen LogP contribution is 2.35. The van der Waals surface area contributed by atoms with Crippen molar-refractivity contribution in [3.8, 4) is 0 Å². The van der Waals surface area contributed by atoms with Crippen LogP contribution in [-0.4, -0.2) is 57.2 Å². The second kappa shape index (κ2) is 8.15. The Morgan fingerprint density at radius 3 is 2.26 bits per heavy atom. The lowest BCUT2D eigenvalue weighted by atomic mass is 9.87. The third-order valence-electron chi connectivity index (χ3n) is 5.02. The molecule has 0 spiro atoms. The smallest absolute Gasteiger partial charge is 0.419 e. The number of aliphatic hydroxyl groups is 1. The maximum Gasteiger partial charge on any atom is 0.419 e. The third kappa shape index (κ3) is 5.36. The Labute approximate surface area is 181 Å². The fraction of sp³-hybridized carbons (Fsp3) is 0.565. The zero-order chi connectivity index (χ0) is 23.1. The number of carbonyl (C=O) groups excluding carboxylic acids is 2. The van der Waals surface area contributed by atoms with Crippen molar-refractivity contribution in [2.75, 3.05) is 13.1 Å². The lowest BCUT2D eigenvalue weighted by Crippen LogP contribution is -2.47. The van der Waals surface area contributed by atoms with E-state index in [4.69, 9.17) is 9.47 Å². The monoisotopic (exact) mass is 434 g/mol. The third-order valence-corrected chi connectivity index (χ3v) is 5.02. The van der Waals surface area contributed by atoms with Crippen molar-refractivity contribution >= 4 is 23.1 Å². The van der Waals surface area contributed by atoms with Gasteiger partial charge in [-0.05, 0) is 71.7 Å². The minimum Gasteiger partial charge on any atom is -0.444 e. The first-order valence-electron chi connectivity index (χ1n) is 10.4. The van der Waals surface area contributed by atoms with E-state index in [0.29, 0.717) is 23.9 Å². The molecule has 1 saturated heterocycles. The van der Waals surface area contributed by atoms with Gasteiger partial charge >= 0.3 is 12.2 Å². The first-order chi connectivity index (χ1) is 14.2. The zero-order valence-corrected chi connectivity index (χ0v) is 18.9. The highest BCUT2D eigenvalue weighted by atomic mass is 19.1. The van der Waals surface area contributed by atoms with Crippen molar-refractivity contribution in [1.82, 2.24) is 9.47 Å². The first kappa shape index (κ1) is 23.1. The minimum absolute atomic E-state index is 0.111. The summed E-state index contributed by atoms with van der Waals surface area (Å²) < 4.78 is 26.1. The number of nitrogens with zero attached hydrogens (tertiary/aromatic N) is 2. The van der Waals surface area contributed by atoms with Crippen LogP contribution in [0, 0.1) is 5.82 Å². The van der Waals surface area contributed by atoms with Crippen LogP contribution in [-0.2, 0) is 9.47 Å². The molecule has 31 heavy (non-hydrogen) atoms. The molecule has 1 fully saturated rings. The number of rotatable bonds is 1. The summed E-state index contributed by atoms with van der Waals surface area (Å²) in [7, 11) is 0. The molecule has 1 aliphatic heterocycles. The molecule has 3 rings (SSSR count). The number of piperidine rings is 1. The van der Waals surface area contributed by atoms with Crippen molar-refractivity contribution in [3.05, 3.63) is 35.8 Å². The average Bonchev–Trinajstić information content (AvgIpc) is 2.97. The molecule has 2 aromatic rings. The van der Waals surface area contributed by atoms with Crippen molar-refractivity contribution in [2.24, 2.45) is 0 Å². The van der Waals surface area contributed by atoms with Crippen LogP contribution in [0.4, 0.5) is 14.0 Å². The predicted octanol–water partition coefficient (Wildman–Crippen LogP) is 4.65. The lowest BCUT2D eigenvalue weighted by molar-refractivity contribution is -0.00139. The lowest BCUT2D eigenvalue weighted by Gasteiger charge is -2.36. The van der Waals surface area contributed by atoms with E-state index in [1.165, 1.54) is 21.6 Å². The van der Waals surface area contributed by atoms with Gasteiger partial charge < -0.3 is 19.5 Å². The van der Waals surface area contributed by atoms with Crippen LogP contribution < -0.4 is 0 Å². The number of amides is 1. The fourth-order valence-electron chi connectivity index (χ4n) is 3.77. The molecular weight excluding hydrogens is 403 g/mol. The number of carbonyl (C=O) groups is 2. The van der Waals surface area contributed by atoms with Crippen LogP contribution in [0.3, 0.4) is 0 Å². The Morgan fingerprint density at radius 2 is 1.68 bits per heavy atom. The quantitative estimate of drug-likeness (QED) is 0.707. The van der Waals surface area contributed by atoms with Gasteiger partial charge in [-0.15, -0.1) is 0 Å². The molecular formula is C23H31FN2O5. The van der Waals surface area contributed by atoms with Gasteiger partial charge in [0.25, 0.3) is 0 Å². The van der Waals surface area contributed by atoms with Crippen LogP contribution in [0.15, 0.2) is 24.4 Å². The van der Waals surface area contributed by atoms with E-state index < -0.39 is 35.3 Å². The van der Waals surface area contributed by atoms with Crippen LogP contribution in [0.5, 0.6) is 0 Å². The molecule has 0 radical (unpaired) electrons. The SMILES string of the molecule is CC(C)(C)OC(=O)N1CC[C@@H](c2cn(C(=O)OC(C)(C)C)c3cc(F)ccc23)[C@H](O)C1. The van der Waals surface area contributed by atoms with Crippen LogP contribution >= 0.6 is 0 Å². The second-order valence-corrected chi connectivity index (χ2v) is 9.99. The van der Waals surface area contributed by atoms with Crippen LogP contribution in [0.25, 0.3) is 10.9 Å². The topological polar surface area (TPSA) is 81.0 Å². The van der Waals surface area contributed by atoms with Gasteiger partial charge in [-0.25, -0.2) is 14.0 Å². The Kier molecular flexibility index (Phi) is 6.06. The molecule has 1 aromatic heterocycles. The molecule has 1 amide bonds. The van der Waals surface area contributed by atoms with Gasteiger partial charge in [0, 0.05) is 24.0 Å². The number of aromatic nitrogens is 1. The maximum atomic E-state index is 13.9. The van der Waals surface area contributed by atoms with Crippen molar-refractivity contribution in [1.29, 1.82) is 0 Å². The Balaban J connectivity index is 1.90. The number of benzene rings is 1. The van der Waals surface area contributed by atoms with Gasteiger partial charge in [-0.3, -0.25) is 4.57 Å². The van der Waals surface area contributed by atoms with E-state index in [0.717, 1.165) is 5.56 Å². The molecule has 170 valence electrons. The summed E-state index contributed by atoms with van der Waals surface area (Å²) in [5.41, 5.74) is -0.230. The molecule has 2 heterocycles. The van der Waals surface area contributed by atoms with Crippen LogP contribution in [0.1, 0.15) is 59.4 Å². The number of hydrogen-bond acceptors (Lipinski definition) is 5. The number of aliphatic hydroxyl groups excluding tert-OH is 1. The van der Waals surface area contributed by atoms with Gasteiger partial charge in [-0.2, -0.15) is 0 Å². The van der Waals surface area contributed by atoms with Crippen molar-refractivity contribution < 1.29 is 28.6 Å². The molecule has 7 nitrogen and oxygen atoms in total. The molecule has 1 aliphatic rings. The normalized spacial score (nSPS) is 20.1. The van der Waals surface area contributed by atoms with E-state index in [1.54, 1.807) is 53.8 Å². The molecule has 0 bridgehead atoms. The predicted molar refractivity (Wildman–Crippen MR) is 115 cm³/mol.